The van der Waals surface area contributed by atoms with Crippen molar-refractivity contribution in [3.8, 4) is 0 Å². The van der Waals surface area contributed by atoms with Crippen LogP contribution in [0.4, 0.5) is 0 Å². The van der Waals surface area contributed by atoms with E-state index in [-0.39, 0.29) is 17.7 Å². The molecule has 1 aliphatic carbocycles. The van der Waals surface area contributed by atoms with Crippen LogP contribution in [0.15, 0.2) is 6.33 Å². The summed E-state index contributed by atoms with van der Waals surface area (Å²) in [7, 11) is 0. The van der Waals surface area contributed by atoms with E-state index in [0.717, 1.165) is 31.4 Å². The van der Waals surface area contributed by atoms with Gasteiger partial charge in [0.1, 0.15) is 5.69 Å². The first-order valence-electron chi connectivity index (χ1n) is 8.94. The van der Waals surface area contributed by atoms with E-state index >= 15 is 0 Å². The van der Waals surface area contributed by atoms with Crippen molar-refractivity contribution in [3.63, 3.8) is 0 Å². The van der Waals surface area contributed by atoms with Gasteiger partial charge in [0.05, 0.1) is 31.2 Å². The number of hydrogen-bond acceptors (Lipinski definition) is 4. The van der Waals surface area contributed by atoms with Gasteiger partial charge in [0.25, 0.3) is 5.91 Å². The van der Waals surface area contributed by atoms with Gasteiger partial charge in [-0.3, -0.25) is 9.59 Å². The number of carbonyl (C=O) groups excluding carboxylic acids is 2. The molecule has 1 aromatic rings. The molecule has 3 aliphatic rings. The normalized spacial score (nSPS) is 24.2. The molecule has 1 saturated heterocycles. The maximum absolute atomic E-state index is 12.7. The summed E-state index contributed by atoms with van der Waals surface area (Å²) in [6, 6.07) is 0.314. The number of imidazole rings is 1. The number of ether oxygens (including phenoxy) is 1. The second kappa shape index (κ2) is 6.55. The van der Waals surface area contributed by atoms with Crippen LogP contribution in [0.25, 0.3) is 0 Å². The molecule has 0 aromatic carbocycles. The van der Waals surface area contributed by atoms with Crippen LogP contribution in [-0.4, -0.2) is 58.6 Å². The van der Waals surface area contributed by atoms with Crippen molar-refractivity contribution in [2.75, 3.05) is 26.3 Å². The molecule has 2 fully saturated rings. The number of hydrogen-bond donors (Lipinski definition) is 1. The van der Waals surface area contributed by atoms with E-state index in [0.29, 0.717) is 44.6 Å². The van der Waals surface area contributed by atoms with Crippen LogP contribution < -0.4 is 5.32 Å². The molecular weight excluding hydrogens is 308 g/mol. The molecule has 2 amide bonds. The Morgan fingerprint density at radius 1 is 1.21 bits per heavy atom. The van der Waals surface area contributed by atoms with Gasteiger partial charge in [-0.25, -0.2) is 4.98 Å². The molecular formula is C17H24N4O3. The summed E-state index contributed by atoms with van der Waals surface area (Å²) in [6.45, 7) is 3.23. The first kappa shape index (κ1) is 15.6. The van der Waals surface area contributed by atoms with E-state index in [9.17, 15) is 9.59 Å². The zero-order valence-corrected chi connectivity index (χ0v) is 13.9. The quantitative estimate of drug-likeness (QED) is 0.879. The number of morpholine rings is 1. The minimum Gasteiger partial charge on any atom is -0.378 e. The molecule has 24 heavy (non-hydrogen) atoms. The van der Waals surface area contributed by atoms with Gasteiger partial charge in [-0.05, 0) is 32.1 Å². The fourth-order valence-corrected chi connectivity index (χ4v) is 3.71. The van der Waals surface area contributed by atoms with Crippen molar-refractivity contribution in [2.45, 2.75) is 44.7 Å². The third-order valence-corrected chi connectivity index (χ3v) is 5.42. The lowest BCUT2D eigenvalue weighted by Gasteiger charge is -2.32. The number of fused-ring (bicyclic) bond motifs is 1. The van der Waals surface area contributed by atoms with E-state index in [4.69, 9.17) is 4.74 Å². The van der Waals surface area contributed by atoms with E-state index in [1.54, 1.807) is 6.33 Å². The Morgan fingerprint density at radius 3 is 2.71 bits per heavy atom. The van der Waals surface area contributed by atoms with Crippen LogP contribution in [0, 0.1) is 5.92 Å². The lowest BCUT2D eigenvalue weighted by molar-refractivity contribution is -0.140. The highest BCUT2D eigenvalue weighted by Gasteiger charge is 2.32. The summed E-state index contributed by atoms with van der Waals surface area (Å²) >= 11 is 0. The van der Waals surface area contributed by atoms with E-state index in [2.05, 4.69) is 10.3 Å². The first-order valence-corrected chi connectivity index (χ1v) is 8.94. The number of nitrogens with zero attached hydrogens (tertiary/aromatic N) is 3. The van der Waals surface area contributed by atoms with Crippen LogP contribution in [0.1, 0.15) is 41.9 Å². The van der Waals surface area contributed by atoms with E-state index in [1.165, 1.54) is 6.42 Å². The summed E-state index contributed by atoms with van der Waals surface area (Å²) in [5, 5.41) is 3.05. The predicted octanol–water partition coefficient (Wildman–Crippen LogP) is 0.587. The zero-order valence-electron chi connectivity index (χ0n) is 13.9. The van der Waals surface area contributed by atoms with Crippen molar-refractivity contribution >= 4 is 11.8 Å². The molecule has 7 nitrogen and oxygen atoms in total. The summed E-state index contributed by atoms with van der Waals surface area (Å²) in [5.41, 5.74) is 1.51. The second-order valence-corrected chi connectivity index (χ2v) is 6.97. The van der Waals surface area contributed by atoms with Gasteiger partial charge in [-0.1, -0.05) is 0 Å². The lowest BCUT2D eigenvalue weighted by Crippen LogP contribution is -2.45. The minimum absolute atomic E-state index is 0.0210. The largest absolute Gasteiger partial charge is 0.378 e. The number of amides is 2. The van der Waals surface area contributed by atoms with E-state index < -0.39 is 0 Å². The molecule has 1 saturated carbocycles. The van der Waals surface area contributed by atoms with Gasteiger partial charge in [0, 0.05) is 25.7 Å². The summed E-state index contributed by atoms with van der Waals surface area (Å²) in [4.78, 5) is 31.2. The molecule has 1 atom stereocenters. The fourth-order valence-electron chi connectivity index (χ4n) is 3.71. The third-order valence-electron chi connectivity index (χ3n) is 5.42. The molecule has 1 unspecified atom stereocenters. The van der Waals surface area contributed by atoms with Crippen molar-refractivity contribution in [1.29, 1.82) is 0 Å². The molecule has 2 aliphatic heterocycles. The average molecular weight is 332 g/mol. The highest BCUT2D eigenvalue weighted by molar-refractivity contribution is 5.93. The summed E-state index contributed by atoms with van der Waals surface area (Å²) in [5.74, 6) is 0.122. The van der Waals surface area contributed by atoms with Gasteiger partial charge in [0.15, 0.2) is 0 Å². The fraction of sp³-hybridized carbons (Fsp3) is 0.706. The Hall–Kier alpha value is -1.89. The predicted molar refractivity (Wildman–Crippen MR) is 86.5 cm³/mol. The smallest absolute Gasteiger partial charge is 0.271 e. The standard InChI is InChI=1S/C17H24N4O3/c22-16(19-13-2-1-3-13)15-14-5-4-12(10-21(14)11-18-15)17(23)20-6-8-24-9-7-20/h11-13H,1-10H2,(H,19,22). The molecule has 0 bridgehead atoms. The molecule has 0 spiro atoms. The number of nitrogens with one attached hydrogen (secondary N) is 1. The SMILES string of the molecule is O=C(NC1CCC1)c1ncn2c1CCC(C(=O)N1CCOCC1)C2. The van der Waals surface area contributed by atoms with Gasteiger partial charge in [-0.2, -0.15) is 0 Å². The molecule has 3 heterocycles. The highest BCUT2D eigenvalue weighted by atomic mass is 16.5. The van der Waals surface area contributed by atoms with Crippen molar-refractivity contribution in [2.24, 2.45) is 5.92 Å². The molecule has 7 heteroatoms. The lowest BCUT2D eigenvalue weighted by atomic mass is 9.92. The Morgan fingerprint density at radius 2 is 2.00 bits per heavy atom. The molecule has 1 N–H and O–H groups in total. The Bertz CT molecular complexity index is 632. The summed E-state index contributed by atoms with van der Waals surface area (Å²) in [6.07, 6.45) is 6.55. The van der Waals surface area contributed by atoms with Gasteiger partial charge >= 0.3 is 0 Å². The molecule has 4 rings (SSSR count). The Balaban J connectivity index is 1.42. The molecule has 130 valence electrons. The van der Waals surface area contributed by atoms with E-state index in [1.807, 2.05) is 9.47 Å². The van der Waals surface area contributed by atoms with Gasteiger partial charge in [-0.15, -0.1) is 0 Å². The average Bonchev–Trinajstić information content (AvgIpc) is 3.01. The van der Waals surface area contributed by atoms with Crippen molar-refractivity contribution in [1.82, 2.24) is 19.8 Å². The van der Waals surface area contributed by atoms with Gasteiger partial charge < -0.3 is 19.5 Å². The topological polar surface area (TPSA) is 76.5 Å². The number of rotatable bonds is 3. The maximum atomic E-state index is 12.7. The zero-order chi connectivity index (χ0) is 16.5. The van der Waals surface area contributed by atoms with Crippen LogP contribution in [-0.2, 0) is 22.5 Å². The third kappa shape index (κ3) is 2.92. The molecule has 1 aromatic heterocycles. The van der Waals surface area contributed by atoms with Gasteiger partial charge in [0.2, 0.25) is 5.91 Å². The first-order chi connectivity index (χ1) is 11.7. The van der Waals surface area contributed by atoms with Crippen molar-refractivity contribution < 1.29 is 14.3 Å². The number of aromatic nitrogens is 2. The summed E-state index contributed by atoms with van der Waals surface area (Å²) < 4.78 is 7.30. The maximum Gasteiger partial charge on any atom is 0.271 e. The van der Waals surface area contributed by atoms with Crippen molar-refractivity contribution in [3.05, 3.63) is 17.7 Å². The minimum atomic E-state index is -0.0635. The monoisotopic (exact) mass is 332 g/mol. The number of carbonyl (C=O) groups is 2. The Kier molecular flexibility index (Phi) is 4.26. The van der Waals surface area contributed by atoms with Crippen LogP contribution >= 0.6 is 0 Å². The van der Waals surface area contributed by atoms with Crippen LogP contribution in [0.3, 0.4) is 0 Å². The Labute approximate surface area is 141 Å². The highest BCUT2D eigenvalue weighted by Crippen LogP contribution is 2.25. The van der Waals surface area contributed by atoms with Crippen LogP contribution in [0.2, 0.25) is 0 Å². The molecule has 0 radical (unpaired) electrons. The second-order valence-electron chi connectivity index (χ2n) is 6.97. The van der Waals surface area contributed by atoms with Crippen LogP contribution in [0.5, 0.6) is 0 Å².